The minimum absolute atomic E-state index is 0.0472. The normalized spacial score (nSPS) is 11.4. The molecule has 9 heteroatoms. The maximum absolute atomic E-state index is 12.9. The average Bonchev–Trinajstić information content (AvgIpc) is 2.65. The summed E-state index contributed by atoms with van der Waals surface area (Å²) in [5.41, 5.74) is 0.663. The monoisotopic (exact) mass is 425 g/mol. The van der Waals surface area contributed by atoms with E-state index in [1.165, 1.54) is 18.1 Å². The number of imide groups is 1. The molecule has 0 spiro atoms. The number of rotatable bonds is 11. The van der Waals surface area contributed by atoms with Crippen molar-refractivity contribution in [3.63, 3.8) is 0 Å². The zero-order valence-electron chi connectivity index (χ0n) is 17.6. The van der Waals surface area contributed by atoms with Crippen LogP contribution in [-0.2, 0) is 21.7 Å². The molecule has 0 aliphatic heterocycles. The second kappa shape index (κ2) is 12.9. The van der Waals surface area contributed by atoms with Gasteiger partial charge in [0.05, 0.1) is 13.5 Å². The fourth-order valence-corrected chi connectivity index (χ4v) is 3.35. The van der Waals surface area contributed by atoms with E-state index >= 15 is 0 Å². The van der Waals surface area contributed by atoms with Gasteiger partial charge in [0.15, 0.2) is 0 Å². The Labute approximate surface area is 174 Å². The quantitative estimate of drug-likeness (QED) is 0.542. The summed E-state index contributed by atoms with van der Waals surface area (Å²) in [6.45, 7) is 6.22. The van der Waals surface area contributed by atoms with Crippen LogP contribution in [0.2, 0.25) is 0 Å². The molecule has 0 aromatic heterocycles. The minimum atomic E-state index is -2.65. The molecule has 3 amide bonds. The molecule has 0 saturated carbocycles. The molecule has 162 valence electrons. The Kier molecular flexibility index (Phi) is 11.0. The van der Waals surface area contributed by atoms with Crippen LogP contribution in [0.3, 0.4) is 0 Å². The number of carbonyl (C=O) groups excluding carboxylic acids is 2. The van der Waals surface area contributed by atoms with E-state index in [0.29, 0.717) is 12.1 Å². The van der Waals surface area contributed by atoms with Crippen molar-refractivity contribution >= 4 is 28.1 Å². The molecule has 0 aliphatic rings. The highest BCUT2D eigenvalue weighted by Gasteiger charge is 2.26. The van der Waals surface area contributed by atoms with Crippen LogP contribution in [-0.4, -0.2) is 45.0 Å². The summed E-state index contributed by atoms with van der Waals surface area (Å²) in [5, 5.41) is 2.70. The zero-order chi connectivity index (χ0) is 21.8. The molecule has 0 fully saturated rings. The maximum atomic E-state index is 12.9. The van der Waals surface area contributed by atoms with Crippen molar-refractivity contribution < 1.29 is 22.7 Å². The van der Waals surface area contributed by atoms with E-state index in [1.807, 2.05) is 6.92 Å². The molecule has 1 rings (SSSR count). The first-order valence-corrected chi connectivity index (χ1v) is 10.9. The molecule has 0 heterocycles. The van der Waals surface area contributed by atoms with Crippen molar-refractivity contribution in [3.8, 4) is 5.75 Å². The number of hydrogen-bond acceptors (Lipinski definition) is 6. The van der Waals surface area contributed by atoms with E-state index in [1.54, 1.807) is 19.1 Å². The molecule has 0 aliphatic carbocycles. The second-order valence-electron chi connectivity index (χ2n) is 6.79. The van der Waals surface area contributed by atoms with Gasteiger partial charge in [-0.1, -0.05) is 38.7 Å². The van der Waals surface area contributed by atoms with Crippen molar-refractivity contribution in [2.24, 2.45) is 4.36 Å². The Bertz CT molecular complexity index is 815. The number of amides is 3. The van der Waals surface area contributed by atoms with Crippen LogP contribution in [0.25, 0.3) is 0 Å². The van der Waals surface area contributed by atoms with E-state index in [-0.39, 0.29) is 29.8 Å². The molecular weight excluding hydrogens is 394 g/mol. The minimum Gasteiger partial charge on any atom is -0.494 e. The fourth-order valence-electron chi connectivity index (χ4n) is 3.05. The third kappa shape index (κ3) is 8.23. The summed E-state index contributed by atoms with van der Waals surface area (Å²) < 4.78 is 30.4. The van der Waals surface area contributed by atoms with Crippen LogP contribution in [0, 0.1) is 0 Å². The highest BCUT2D eigenvalue weighted by atomic mass is 32.2. The Hall–Kier alpha value is -2.42. The van der Waals surface area contributed by atoms with Crippen LogP contribution in [0.4, 0.5) is 10.5 Å². The van der Waals surface area contributed by atoms with Crippen molar-refractivity contribution in [1.82, 2.24) is 10.2 Å². The van der Waals surface area contributed by atoms with E-state index in [2.05, 4.69) is 16.6 Å². The Morgan fingerprint density at radius 1 is 1.21 bits per heavy atom. The van der Waals surface area contributed by atoms with Crippen LogP contribution in [0.5, 0.6) is 5.75 Å². The van der Waals surface area contributed by atoms with Crippen molar-refractivity contribution in [1.29, 1.82) is 0 Å². The van der Waals surface area contributed by atoms with Crippen LogP contribution in [0.15, 0.2) is 22.6 Å². The van der Waals surface area contributed by atoms with Gasteiger partial charge in [0.25, 0.3) is 0 Å². The van der Waals surface area contributed by atoms with Gasteiger partial charge in [-0.05, 0) is 38.0 Å². The van der Waals surface area contributed by atoms with Crippen LogP contribution >= 0.6 is 0 Å². The van der Waals surface area contributed by atoms with Crippen molar-refractivity contribution in [3.05, 3.63) is 23.8 Å². The summed E-state index contributed by atoms with van der Waals surface area (Å²) in [7, 11) is -1.24. The van der Waals surface area contributed by atoms with Gasteiger partial charge < -0.3 is 10.1 Å². The maximum Gasteiger partial charge on any atom is 0.324 e. The smallest absolute Gasteiger partial charge is 0.324 e. The first-order chi connectivity index (χ1) is 13.8. The van der Waals surface area contributed by atoms with E-state index in [4.69, 9.17) is 4.74 Å². The van der Waals surface area contributed by atoms with Gasteiger partial charge in [0.2, 0.25) is 5.91 Å². The number of hydrogen-bond donors (Lipinski definition) is 1. The largest absolute Gasteiger partial charge is 0.494 e. The van der Waals surface area contributed by atoms with Gasteiger partial charge in [-0.15, -0.1) is 4.36 Å². The lowest BCUT2D eigenvalue weighted by Crippen LogP contribution is -2.49. The number of urea groups is 1. The van der Waals surface area contributed by atoms with Crippen molar-refractivity contribution in [2.45, 2.75) is 65.3 Å². The van der Waals surface area contributed by atoms with Gasteiger partial charge in [0, 0.05) is 12.6 Å². The number of methoxy groups -OCH3 is 1. The van der Waals surface area contributed by atoms with E-state index in [0.717, 1.165) is 32.1 Å². The highest BCUT2D eigenvalue weighted by molar-refractivity contribution is 7.61. The van der Waals surface area contributed by atoms with Gasteiger partial charge in [0.1, 0.15) is 11.4 Å². The lowest BCUT2D eigenvalue weighted by molar-refractivity contribution is -0.129. The Morgan fingerprint density at radius 3 is 2.52 bits per heavy atom. The SMILES string of the molecule is CCCCCCC(C)N(C(=O)Cc1ccc(OC)c(N=S(=O)=O)c1)C(=O)NCC. The van der Waals surface area contributed by atoms with Crippen molar-refractivity contribution in [2.75, 3.05) is 13.7 Å². The van der Waals surface area contributed by atoms with E-state index in [9.17, 15) is 18.0 Å². The lowest BCUT2D eigenvalue weighted by Gasteiger charge is -2.28. The molecule has 1 aromatic carbocycles. The van der Waals surface area contributed by atoms with Gasteiger partial charge in [-0.2, -0.15) is 8.42 Å². The first-order valence-electron chi connectivity index (χ1n) is 9.91. The summed E-state index contributed by atoms with van der Waals surface area (Å²) >= 11 is 0. The topological polar surface area (TPSA) is 105 Å². The average molecular weight is 426 g/mol. The number of carbonyl (C=O) groups is 2. The number of benzene rings is 1. The third-order valence-corrected chi connectivity index (χ3v) is 4.85. The molecule has 1 atom stereocenters. The summed E-state index contributed by atoms with van der Waals surface area (Å²) in [5.74, 6) is -0.0615. The first kappa shape index (κ1) is 24.6. The third-order valence-electron chi connectivity index (χ3n) is 4.50. The molecule has 1 unspecified atom stereocenters. The predicted octanol–water partition coefficient (Wildman–Crippen LogP) is 3.85. The number of unbranched alkanes of at least 4 members (excludes halogenated alkanes) is 3. The molecule has 0 bridgehead atoms. The highest BCUT2D eigenvalue weighted by Crippen LogP contribution is 2.28. The standard InChI is InChI=1S/C20H31N3O5S/c1-5-7-8-9-10-15(3)23(20(25)21-6-2)19(24)14-16-11-12-18(28-4)17(13-16)22-29(26)27/h11-13,15H,5-10,14H2,1-4H3,(H,21,25). The molecule has 8 nitrogen and oxygen atoms in total. The lowest BCUT2D eigenvalue weighted by atomic mass is 10.1. The molecule has 1 N–H and O–H groups in total. The zero-order valence-corrected chi connectivity index (χ0v) is 18.4. The Morgan fingerprint density at radius 2 is 1.93 bits per heavy atom. The summed E-state index contributed by atoms with van der Waals surface area (Å²) in [4.78, 5) is 26.7. The second-order valence-corrected chi connectivity index (χ2v) is 7.41. The fraction of sp³-hybridized carbons (Fsp3) is 0.600. The summed E-state index contributed by atoms with van der Waals surface area (Å²) in [6.07, 6.45) is 4.94. The van der Waals surface area contributed by atoms with Gasteiger partial charge >= 0.3 is 16.5 Å². The van der Waals surface area contributed by atoms with Crippen LogP contribution in [0.1, 0.15) is 58.4 Å². The van der Waals surface area contributed by atoms with Gasteiger partial charge in [-0.3, -0.25) is 9.69 Å². The molecule has 0 radical (unpaired) electrons. The van der Waals surface area contributed by atoms with Crippen LogP contribution < -0.4 is 10.1 Å². The van der Waals surface area contributed by atoms with Gasteiger partial charge in [-0.25, -0.2) is 4.79 Å². The number of nitrogens with zero attached hydrogens (tertiary/aromatic N) is 2. The number of ether oxygens (including phenoxy) is 1. The summed E-state index contributed by atoms with van der Waals surface area (Å²) in [6, 6.07) is 4.04. The molecular formula is C20H31N3O5S. The molecule has 0 saturated heterocycles. The number of nitrogens with one attached hydrogen (secondary N) is 1. The molecule has 1 aromatic rings. The Balaban J connectivity index is 3.01. The van der Waals surface area contributed by atoms with E-state index < -0.39 is 16.5 Å². The predicted molar refractivity (Wildman–Crippen MR) is 112 cm³/mol. The molecule has 29 heavy (non-hydrogen) atoms.